The molecule has 11 heteroatoms. The Morgan fingerprint density at radius 2 is 1.87 bits per heavy atom. The molecule has 0 aliphatic rings. The third-order valence-electron chi connectivity index (χ3n) is 4.64. The van der Waals surface area contributed by atoms with Crippen molar-refractivity contribution < 1.29 is 9.34 Å². The molecule has 2 aromatic heterocycles. The molecular formula is C20H18N6O3S2. The maximum atomic E-state index is 10.8. The molecule has 1 N–H and O–H groups in total. The summed E-state index contributed by atoms with van der Waals surface area (Å²) < 4.78 is 6.54. The number of nitrogens with one attached hydrogen (secondary N) is 1. The van der Waals surface area contributed by atoms with E-state index >= 15 is 0 Å². The van der Waals surface area contributed by atoms with E-state index in [0.29, 0.717) is 22.5 Å². The number of non-ortho nitro benzene ring substituents is 1. The molecule has 9 nitrogen and oxygen atoms in total. The molecule has 0 spiro atoms. The van der Waals surface area contributed by atoms with Gasteiger partial charge in [-0.05, 0) is 50.1 Å². The van der Waals surface area contributed by atoms with Crippen LogP contribution in [0.5, 0.6) is 0 Å². The van der Waals surface area contributed by atoms with Gasteiger partial charge in [0.2, 0.25) is 16.9 Å². The Morgan fingerprint density at radius 3 is 2.61 bits per heavy atom. The summed E-state index contributed by atoms with van der Waals surface area (Å²) >= 11 is 2.92. The van der Waals surface area contributed by atoms with Crippen molar-refractivity contribution in [3.63, 3.8) is 0 Å². The van der Waals surface area contributed by atoms with Crippen LogP contribution in [0.15, 0.2) is 51.2 Å². The fourth-order valence-electron chi connectivity index (χ4n) is 2.75. The maximum absolute atomic E-state index is 10.8. The lowest BCUT2D eigenvalue weighted by atomic mass is 10.1. The zero-order valence-electron chi connectivity index (χ0n) is 16.9. The molecule has 31 heavy (non-hydrogen) atoms. The first-order valence-corrected chi connectivity index (χ1v) is 11.0. The van der Waals surface area contributed by atoms with E-state index in [1.807, 2.05) is 19.1 Å². The van der Waals surface area contributed by atoms with Crippen LogP contribution in [0, 0.1) is 24.0 Å². The third-order valence-corrected chi connectivity index (χ3v) is 6.65. The Bertz CT molecular complexity index is 1220. The molecule has 0 aliphatic heterocycles. The Morgan fingerprint density at radius 1 is 1.10 bits per heavy atom. The lowest BCUT2D eigenvalue weighted by molar-refractivity contribution is -0.384. The molecule has 1 atom stereocenters. The van der Waals surface area contributed by atoms with Gasteiger partial charge in [0.15, 0.2) is 4.34 Å². The van der Waals surface area contributed by atoms with Crippen LogP contribution in [0.1, 0.15) is 29.2 Å². The van der Waals surface area contributed by atoms with Crippen LogP contribution < -0.4 is 5.32 Å². The summed E-state index contributed by atoms with van der Waals surface area (Å²) in [5, 5.41) is 31.3. The first-order valence-electron chi connectivity index (χ1n) is 9.32. The minimum atomic E-state index is -0.451. The van der Waals surface area contributed by atoms with Crippen molar-refractivity contribution >= 4 is 39.6 Å². The minimum absolute atomic E-state index is 0.00829. The van der Waals surface area contributed by atoms with Gasteiger partial charge in [-0.1, -0.05) is 35.2 Å². The van der Waals surface area contributed by atoms with Crippen LogP contribution >= 0.6 is 23.1 Å². The number of hydrogen-bond donors (Lipinski definition) is 1. The molecule has 0 saturated heterocycles. The number of nitro groups is 1. The molecule has 4 aromatic rings. The molecule has 4 rings (SSSR count). The second kappa shape index (κ2) is 8.82. The van der Waals surface area contributed by atoms with Gasteiger partial charge >= 0.3 is 0 Å². The number of hydrogen-bond acceptors (Lipinski definition) is 10. The molecule has 2 heterocycles. The van der Waals surface area contributed by atoms with Crippen molar-refractivity contribution in [2.45, 2.75) is 30.4 Å². The predicted molar refractivity (Wildman–Crippen MR) is 120 cm³/mol. The summed E-state index contributed by atoms with van der Waals surface area (Å²) in [5.74, 6) is 0.754. The van der Waals surface area contributed by atoms with Gasteiger partial charge in [-0.2, -0.15) is 0 Å². The summed E-state index contributed by atoms with van der Waals surface area (Å²) in [5.41, 5.74) is 4.01. The predicted octanol–water partition coefficient (Wildman–Crippen LogP) is 5.71. The van der Waals surface area contributed by atoms with E-state index in [0.717, 1.165) is 10.0 Å². The second-order valence-electron chi connectivity index (χ2n) is 6.76. The fourth-order valence-corrected chi connectivity index (χ4v) is 4.69. The second-order valence-corrected chi connectivity index (χ2v) is 9.32. The molecule has 1 unspecified atom stereocenters. The fraction of sp³-hybridized carbons (Fsp3) is 0.200. The lowest BCUT2D eigenvalue weighted by Crippen LogP contribution is -1.94. The number of benzene rings is 2. The number of nitro benzene ring substituents is 1. The Balaban J connectivity index is 1.43. The van der Waals surface area contributed by atoms with Gasteiger partial charge < -0.3 is 9.73 Å². The van der Waals surface area contributed by atoms with Crippen LogP contribution in [0.4, 0.5) is 16.5 Å². The standard InChI is InChI=1S/C20H18N6O3S2/c1-11-5-4-6-16(12(11)2)21-19-24-25-20(31-19)30-13(3)17-22-23-18(29-17)14-7-9-15(10-8-14)26(27)28/h4-10,13H,1-3H3,(H,21,24). The zero-order valence-corrected chi connectivity index (χ0v) is 18.5. The minimum Gasteiger partial charge on any atom is -0.419 e. The van der Waals surface area contributed by atoms with E-state index in [4.69, 9.17) is 4.42 Å². The van der Waals surface area contributed by atoms with Gasteiger partial charge in [0, 0.05) is 23.4 Å². The van der Waals surface area contributed by atoms with Crippen LogP contribution in [0.2, 0.25) is 0 Å². The summed E-state index contributed by atoms with van der Waals surface area (Å²) in [4.78, 5) is 10.3. The summed E-state index contributed by atoms with van der Waals surface area (Å²) in [6, 6.07) is 12.1. The van der Waals surface area contributed by atoms with E-state index in [9.17, 15) is 10.1 Å². The molecule has 0 amide bonds. The molecule has 0 saturated carbocycles. The quantitative estimate of drug-likeness (QED) is 0.213. The highest BCUT2D eigenvalue weighted by molar-refractivity contribution is 8.01. The lowest BCUT2D eigenvalue weighted by Gasteiger charge is -2.08. The average Bonchev–Trinajstić information content (AvgIpc) is 3.41. The molecule has 0 fully saturated rings. The van der Waals surface area contributed by atoms with Gasteiger partial charge in [-0.3, -0.25) is 10.1 Å². The molecule has 0 bridgehead atoms. The molecular weight excluding hydrogens is 436 g/mol. The van der Waals surface area contributed by atoms with E-state index < -0.39 is 4.92 Å². The molecule has 0 aliphatic carbocycles. The Kier molecular flexibility index (Phi) is 5.96. The molecule has 0 radical (unpaired) electrons. The van der Waals surface area contributed by atoms with Gasteiger partial charge in [-0.25, -0.2) is 0 Å². The number of anilines is 2. The van der Waals surface area contributed by atoms with Crippen molar-refractivity contribution in [2.75, 3.05) is 5.32 Å². The van der Waals surface area contributed by atoms with Crippen LogP contribution in [0.3, 0.4) is 0 Å². The van der Waals surface area contributed by atoms with E-state index in [1.165, 1.54) is 46.4 Å². The van der Waals surface area contributed by atoms with Crippen molar-refractivity contribution in [3.05, 3.63) is 69.6 Å². The third kappa shape index (κ3) is 4.72. The maximum Gasteiger partial charge on any atom is 0.269 e. The Hall–Kier alpha value is -3.31. The van der Waals surface area contributed by atoms with Crippen LogP contribution in [-0.2, 0) is 0 Å². The smallest absolute Gasteiger partial charge is 0.269 e. The monoisotopic (exact) mass is 454 g/mol. The SMILES string of the molecule is Cc1cccc(Nc2nnc(SC(C)c3nnc(-c4ccc([N+](=O)[O-])cc4)o3)s2)c1C. The average molecular weight is 455 g/mol. The van der Waals surface area contributed by atoms with Gasteiger partial charge in [0.1, 0.15) is 0 Å². The number of nitrogens with zero attached hydrogens (tertiary/aromatic N) is 5. The van der Waals surface area contributed by atoms with Crippen molar-refractivity contribution in [1.82, 2.24) is 20.4 Å². The van der Waals surface area contributed by atoms with E-state index in [1.54, 1.807) is 12.1 Å². The number of rotatable bonds is 7. The highest BCUT2D eigenvalue weighted by atomic mass is 32.2. The van der Waals surface area contributed by atoms with Gasteiger partial charge in [0.05, 0.1) is 10.2 Å². The molecule has 158 valence electrons. The summed E-state index contributed by atoms with van der Waals surface area (Å²) in [6.45, 7) is 6.07. The van der Waals surface area contributed by atoms with E-state index in [2.05, 4.69) is 45.6 Å². The topological polar surface area (TPSA) is 120 Å². The van der Waals surface area contributed by atoms with Crippen LogP contribution in [0.25, 0.3) is 11.5 Å². The number of thioether (sulfide) groups is 1. The molecule has 2 aromatic carbocycles. The zero-order chi connectivity index (χ0) is 22.0. The van der Waals surface area contributed by atoms with Crippen LogP contribution in [-0.4, -0.2) is 25.3 Å². The largest absolute Gasteiger partial charge is 0.419 e. The normalized spacial score (nSPS) is 12.0. The summed E-state index contributed by atoms with van der Waals surface area (Å²) in [7, 11) is 0. The Labute approximate surface area is 186 Å². The van der Waals surface area contributed by atoms with E-state index in [-0.39, 0.29) is 10.9 Å². The first kappa shape index (κ1) is 20.9. The van der Waals surface area contributed by atoms with Gasteiger partial charge in [0.25, 0.3) is 5.69 Å². The highest BCUT2D eigenvalue weighted by Crippen LogP contribution is 2.38. The summed E-state index contributed by atoms with van der Waals surface area (Å²) in [6.07, 6.45) is 0. The van der Waals surface area contributed by atoms with Crippen molar-refractivity contribution in [3.8, 4) is 11.5 Å². The number of aryl methyl sites for hydroxylation is 1. The van der Waals surface area contributed by atoms with Crippen molar-refractivity contribution in [1.29, 1.82) is 0 Å². The highest BCUT2D eigenvalue weighted by Gasteiger charge is 2.19. The van der Waals surface area contributed by atoms with Gasteiger partial charge in [-0.15, -0.1) is 20.4 Å². The number of aromatic nitrogens is 4. The first-order chi connectivity index (χ1) is 14.9. The van der Waals surface area contributed by atoms with Crippen molar-refractivity contribution in [2.24, 2.45) is 0 Å².